The molecule has 0 atom stereocenters. The van der Waals surface area contributed by atoms with Crippen LogP contribution in [0.1, 0.15) is 15.4 Å². The van der Waals surface area contributed by atoms with Gasteiger partial charge >= 0.3 is 5.91 Å². The van der Waals surface area contributed by atoms with Gasteiger partial charge in [-0.05, 0) is 42.0 Å². The number of pyridine rings is 1. The van der Waals surface area contributed by atoms with Gasteiger partial charge in [0.05, 0.1) is 10.2 Å². The fourth-order valence-corrected chi connectivity index (χ4v) is 3.90. The van der Waals surface area contributed by atoms with Gasteiger partial charge in [-0.25, -0.2) is 9.37 Å². The molecule has 0 spiro atoms. The lowest BCUT2D eigenvalue weighted by Crippen LogP contribution is -2.17. The molecule has 9 heteroatoms. The summed E-state index contributed by atoms with van der Waals surface area (Å²) in [7, 11) is 0. The van der Waals surface area contributed by atoms with Crippen LogP contribution in [0.5, 0.6) is 0 Å². The Kier molecular flexibility index (Phi) is 4.93. The summed E-state index contributed by atoms with van der Waals surface area (Å²) >= 11 is 1.30. The summed E-state index contributed by atoms with van der Waals surface area (Å²) in [6, 6.07) is 19.0. The molecule has 0 amide bonds. The molecule has 0 saturated heterocycles. The molecule has 0 aliphatic carbocycles. The predicted molar refractivity (Wildman–Crippen MR) is 116 cm³/mol. The molecule has 3 aromatic heterocycles. The van der Waals surface area contributed by atoms with Crippen molar-refractivity contribution in [2.45, 2.75) is 6.54 Å². The van der Waals surface area contributed by atoms with E-state index >= 15 is 0 Å². The smallest absolute Gasteiger partial charge is 0.310 e. The monoisotopic (exact) mass is 430 g/mol. The molecule has 1 N–H and O–H groups in total. The minimum atomic E-state index is -0.391. The molecule has 152 valence electrons. The highest BCUT2D eigenvalue weighted by molar-refractivity contribution is 7.20. The van der Waals surface area contributed by atoms with E-state index in [0.717, 1.165) is 15.8 Å². The number of anilines is 1. The fraction of sp³-hybridized carbons (Fsp3) is 0.0455. The Balaban J connectivity index is 1.51. The molecule has 0 bridgehead atoms. The number of nitrogens with zero attached hydrogens (tertiary/aromatic N) is 5. The second kappa shape index (κ2) is 8.04. The SMILES string of the molecule is O=C(c1nc2ccccc2s1)n1nc(-c2ccccn2)nc1NCc1ccc(F)cc1. The lowest BCUT2D eigenvalue weighted by Gasteiger charge is -2.06. The molecule has 3 heterocycles. The first kappa shape index (κ1) is 19.0. The second-order valence-electron chi connectivity index (χ2n) is 6.66. The van der Waals surface area contributed by atoms with E-state index in [1.54, 1.807) is 30.5 Å². The summed E-state index contributed by atoms with van der Waals surface area (Å²) in [6.45, 7) is 0.341. The maximum Gasteiger partial charge on any atom is 0.310 e. The normalized spacial score (nSPS) is 11.0. The molecular formula is C22H15FN6OS. The summed E-state index contributed by atoms with van der Waals surface area (Å²) in [5.41, 5.74) is 2.13. The number of thiazole rings is 1. The molecule has 7 nitrogen and oxygen atoms in total. The third kappa shape index (κ3) is 3.90. The molecule has 5 aromatic rings. The standard InChI is InChI=1S/C22H15FN6OS/c23-15-10-8-14(9-11-15)13-25-22-27-19(17-6-3-4-12-24-17)28-29(22)21(30)20-26-16-5-1-2-7-18(16)31-20/h1-12H,13H2,(H,25,27,28). The van der Waals surface area contributed by atoms with Crippen LogP contribution >= 0.6 is 11.3 Å². The first-order valence-corrected chi connectivity index (χ1v) is 10.3. The van der Waals surface area contributed by atoms with Crippen molar-refractivity contribution < 1.29 is 9.18 Å². The number of nitrogens with one attached hydrogen (secondary N) is 1. The minimum Gasteiger partial charge on any atom is -0.350 e. The van der Waals surface area contributed by atoms with Crippen LogP contribution in [0, 0.1) is 5.82 Å². The average Bonchev–Trinajstić information content (AvgIpc) is 3.43. The van der Waals surface area contributed by atoms with E-state index in [2.05, 4.69) is 25.4 Å². The Labute approximate surface area is 180 Å². The minimum absolute atomic E-state index is 0.259. The fourth-order valence-electron chi connectivity index (χ4n) is 3.01. The molecule has 0 unspecified atom stereocenters. The van der Waals surface area contributed by atoms with Crippen LogP contribution in [0.25, 0.3) is 21.7 Å². The Hall–Kier alpha value is -3.98. The summed E-state index contributed by atoms with van der Waals surface area (Å²) < 4.78 is 15.3. The van der Waals surface area contributed by atoms with E-state index in [4.69, 9.17) is 0 Å². The number of para-hydroxylation sites is 1. The van der Waals surface area contributed by atoms with Gasteiger partial charge in [0.25, 0.3) is 0 Å². The molecular weight excluding hydrogens is 415 g/mol. The number of halogens is 1. The number of hydrogen-bond donors (Lipinski definition) is 1. The van der Waals surface area contributed by atoms with Crippen LogP contribution in [-0.2, 0) is 6.54 Å². The van der Waals surface area contributed by atoms with E-state index < -0.39 is 5.91 Å². The van der Waals surface area contributed by atoms with Crippen molar-refractivity contribution in [3.05, 3.63) is 89.3 Å². The van der Waals surface area contributed by atoms with Crippen LogP contribution in [0.2, 0.25) is 0 Å². The van der Waals surface area contributed by atoms with Crippen molar-refractivity contribution >= 4 is 33.4 Å². The van der Waals surface area contributed by atoms with Crippen LogP contribution in [-0.4, -0.2) is 30.6 Å². The van der Waals surface area contributed by atoms with Crippen LogP contribution in [0.15, 0.2) is 72.9 Å². The van der Waals surface area contributed by atoms with Gasteiger partial charge in [0, 0.05) is 12.7 Å². The van der Waals surface area contributed by atoms with E-state index in [0.29, 0.717) is 23.1 Å². The number of fused-ring (bicyclic) bond motifs is 1. The Bertz CT molecular complexity index is 1330. The van der Waals surface area contributed by atoms with E-state index in [1.165, 1.54) is 28.2 Å². The number of aromatic nitrogens is 5. The molecule has 31 heavy (non-hydrogen) atoms. The maximum atomic E-state index is 13.2. The summed E-state index contributed by atoms with van der Waals surface area (Å²) in [4.78, 5) is 26.4. The molecule has 2 aromatic carbocycles. The molecule has 5 rings (SSSR count). The van der Waals surface area contributed by atoms with Gasteiger partial charge in [0.2, 0.25) is 11.8 Å². The number of benzene rings is 2. The van der Waals surface area contributed by atoms with Gasteiger partial charge in [0.15, 0.2) is 5.01 Å². The Morgan fingerprint density at radius 2 is 1.81 bits per heavy atom. The number of rotatable bonds is 5. The van der Waals surface area contributed by atoms with Crippen molar-refractivity contribution in [2.24, 2.45) is 0 Å². The number of carbonyl (C=O) groups excluding carboxylic acids is 1. The van der Waals surface area contributed by atoms with Gasteiger partial charge in [-0.1, -0.05) is 30.3 Å². The number of carbonyl (C=O) groups is 1. The van der Waals surface area contributed by atoms with Crippen molar-refractivity contribution in [1.29, 1.82) is 0 Å². The third-order valence-electron chi connectivity index (χ3n) is 4.53. The Morgan fingerprint density at radius 1 is 1.00 bits per heavy atom. The highest BCUT2D eigenvalue weighted by Crippen LogP contribution is 2.24. The van der Waals surface area contributed by atoms with Gasteiger partial charge in [0.1, 0.15) is 11.5 Å². The zero-order chi connectivity index (χ0) is 21.2. The predicted octanol–water partition coefficient (Wildman–Crippen LogP) is 4.39. The van der Waals surface area contributed by atoms with Gasteiger partial charge in [-0.3, -0.25) is 9.78 Å². The summed E-state index contributed by atoms with van der Waals surface area (Å²) in [5, 5.41) is 7.82. The lowest BCUT2D eigenvalue weighted by atomic mass is 10.2. The number of hydrogen-bond acceptors (Lipinski definition) is 7. The lowest BCUT2D eigenvalue weighted by molar-refractivity contribution is 0.0947. The first-order valence-electron chi connectivity index (χ1n) is 9.44. The molecule has 0 aliphatic rings. The molecule has 0 radical (unpaired) electrons. The maximum absolute atomic E-state index is 13.2. The van der Waals surface area contributed by atoms with Crippen molar-refractivity contribution in [2.75, 3.05) is 5.32 Å². The highest BCUT2D eigenvalue weighted by Gasteiger charge is 2.22. The second-order valence-corrected chi connectivity index (χ2v) is 7.69. The topological polar surface area (TPSA) is 85.6 Å². The van der Waals surface area contributed by atoms with Crippen molar-refractivity contribution in [1.82, 2.24) is 24.7 Å². The van der Waals surface area contributed by atoms with E-state index in [-0.39, 0.29) is 11.8 Å². The highest BCUT2D eigenvalue weighted by atomic mass is 32.1. The largest absolute Gasteiger partial charge is 0.350 e. The third-order valence-corrected chi connectivity index (χ3v) is 5.56. The molecule has 0 aliphatic heterocycles. The zero-order valence-corrected chi connectivity index (χ0v) is 16.9. The van der Waals surface area contributed by atoms with Gasteiger partial charge < -0.3 is 5.32 Å². The molecule has 0 fully saturated rings. The average molecular weight is 430 g/mol. The van der Waals surface area contributed by atoms with Crippen molar-refractivity contribution in [3.8, 4) is 11.5 Å². The van der Waals surface area contributed by atoms with E-state index in [9.17, 15) is 9.18 Å². The van der Waals surface area contributed by atoms with Crippen LogP contribution < -0.4 is 5.32 Å². The zero-order valence-electron chi connectivity index (χ0n) is 16.1. The van der Waals surface area contributed by atoms with Crippen molar-refractivity contribution in [3.63, 3.8) is 0 Å². The van der Waals surface area contributed by atoms with Gasteiger partial charge in [-0.15, -0.1) is 16.4 Å². The first-order chi connectivity index (χ1) is 15.2. The Morgan fingerprint density at radius 3 is 2.58 bits per heavy atom. The van der Waals surface area contributed by atoms with E-state index in [1.807, 2.05) is 30.3 Å². The quantitative estimate of drug-likeness (QED) is 0.445. The van der Waals surface area contributed by atoms with Crippen LogP contribution in [0.3, 0.4) is 0 Å². The van der Waals surface area contributed by atoms with Crippen LogP contribution in [0.4, 0.5) is 10.3 Å². The summed E-state index contributed by atoms with van der Waals surface area (Å²) in [6.07, 6.45) is 1.64. The van der Waals surface area contributed by atoms with Gasteiger partial charge in [-0.2, -0.15) is 9.67 Å². The summed E-state index contributed by atoms with van der Waals surface area (Å²) in [5.74, 6) is -0.126. The molecule has 0 saturated carbocycles.